The van der Waals surface area contributed by atoms with Crippen LogP contribution in [-0.2, 0) is 9.93 Å². The van der Waals surface area contributed by atoms with Gasteiger partial charge in [0, 0.05) is 0 Å². The molecule has 0 saturated carbocycles. The Morgan fingerprint density at radius 2 is 1.64 bits per heavy atom. The predicted molar refractivity (Wildman–Crippen MR) is 55.4 cm³/mol. The quantitative estimate of drug-likeness (QED) is 0.249. The molecular weight excluding hydrogens is 182 g/mol. The van der Waals surface area contributed by atoms with Crippen LogP contribution in [-0.4, -0.2) is 11.5 Å². The van der Waals surface area contributed by atoms with E-state index < -0.39 is 6.23 Å². The van der Waals surface area contributed by atoms with Crippen LogP contribution >= 0.6 is 0 Å². The number of hydrogen-bond donors (Lipinski definition) is 2. The van der Waals surface area contributed by atoms with Crippen LogP contribution < -0.4 is 5.73 Å². The third-order valence-electron chi connectivity index (χ3n) is 2.26. The summed E-state index contributed by atoms with van der Waals surface area (Å²) in [4.78, 5) is 4.32. The molecule has 1 unspecified atom stereocenters. The van der Waals surface area contributed by atoms with Crippen LogP contribution in [0.5, 0.6) is 0 Å². The Morgan fingerprint density at radius 3 is 2.21 bits per heavy atom. The van der Waals surface area contributed by atoms with Crippen molar-refractivity contribution in [3.8, 4) is 0 Å². The number of rotatable bonds is 10. The average molecular weight is 205 g/mol. The van der Waals surface area contributed by atoms with Crippen molar-refractivity contribution in [1.82, 2.24) is 0 Å². The van der Waals surface area contributed by atoms with Gasteiger partial charge in [-0.3, -0.25) is 0 Å². The SMILES string of the molecule is CCCCCCCCCC(N)OOO. The molecule has 0 aliphatic rings. The van der Waals surface area contributed by atoms with Crippen LogP contribution in [0.15, 0.2) is 0 Å². The van der Waals surface area contributed by atoms with Gasteiger partial charge in [-0.2, -0.15) is 4.89 Å². The molecule has 0 heterocycles. The molecule has 0 aliphatic carbocycles. The highest BCUT2D eigenvalue weighted by atomic mass is 17.5. The first kappa shape index (κ1) is 13.8. The smallest absolute Gasteiger partial charge is 0.144 e. The van der Waals surface area contributed by atoms with Gasteiger partial charge in [0.25, 0.3) is 0 Å². The van der Waals surface area contributed by atoms with E-state index in [9.17, 15) is 0 Å². The van der Waals surface area contributed by atoms with Crippen LogP contribution in [0.25, 0.3) is 0 Å². The van der Waals surface area contributed by atoms with Crippen LogP contribution in [0.1, 0.15) is 58.3 Å². The van der Waals surface area contributed by atoms with Gasteiger partial charge in [0.1, 0.15) is 6.23 Å². The van der Waals surface area contributed by atoms with Crippen LogP contribution in [0, 0.1) is 0 Å². The van der Waals surface area contributed by atoms with Crippen molar-refractivity contribution in [2.45, 2.75) is 64.5 Å². The molecule has 0 aliphatic heterocycles. The van der Waals surface area contributed by atoms with Gasteiger partial charge < -0.3 is 5.73 Å². The van der Waals surface area contributed by atoms with Gasteiger partial charge in [-0.15, -0.1) is 0 Å². The average Bonchev–Trinajstić information content (AvgIpc) is 2.17. The summed E-state index contributed by atoms with van der Waals surface area (Å²) in [7, 11) is 0. The van der Waals surface area contributed by atoms with Crippen molar-refractivity contribution in [1.29, 1.82) is 0 Å². The maximum atomic E-state index is 7.93. The summed E-state index contributed by atoms with van der Waals surface area (Å²) in [6.07, 6.45) is 8.94. The first-order valence-corrected chi connectivity index (χ1v) is 5.53. The number of hydrogen-bond acceptors (Lipinski definition) is 4. The molecule has 0 saturated heterocycles. The molecule has 0 amide bonds. The van der Waals surface area contributed by atoms with E-state index >= 15 is 0 Å². The summed E-state index contributed by atoms with van der Waals surface area (Å²) >= 11 is 0. The lowest BCUT2D eigenvalue weighted by atomic mass is 10.1. The second kappa shape index (κ2) is 10.9. The summed E-state index contributed by atoms with van der Waals surface area (Å²) in [6, 6.07) is 0. The second-order valence-electron chi connectivity index (χ2n) is 3.62. The fourth-order valence-corrected chi connectivity index (χ4v) is 1.41. The third-order valence-corrected chi connectivity index (χ3v) is 2.26. The van der Waals surface area contributed by atoms with E-state index in [4.69, 9.17) is 11.0 Å². The molecule has 0 aromatic heterocycles. The van der Waals surface area contributed by atoms with Gasteiger partial charge in [-0.25, -0.2) is 5.26 Å². The Balaban J connectivity index is 2.98. The van der Waals surface area contributed by atoms with Crippen molar-refractivity contribution in [2.75, 3.05) is 0 Å². The molecule has 1 atom stereocenters. The van der Waals surface area contributed by atoms with Gasteiger partial charge in [-0.05, 0) is 12.8 Å². The van der Waals surface area contributed by atoms with E-state index in [0.29, 0.717) is 0 Å². The van der Waals surface area contributed by atoms with Gasteiger partial charge in [0.05, 0.1) is 0 Å². The standard InChI is InChI=1S/C10H23NO3/c1-2-3-4-5-6-7-8-9-10(11)13-14-12/h10,12H,2-9,11H2,1H3. The lowest BCUT2D eigenvalue weighted by Gasteiger charge is -2.07. The van der Waals surface area contributed by atoms with Gasteiger partial charge in [-0.1, -0.05) is 50.5 Å². The third kappa shape index (κ3) is 9.92. The Kier molecular flexibility index (Phi) is 10.8. The molecule has 0 aromatic carbocycles. The lowest BCUT2D eigenvalue weighted by molar-refractivity contribution is -0.506. The zero-order chi connectivity index (χ0) is 10.6. The molecule has 0 bridgehead atoms. The van der Waals surface area contributed by atoms with Gasteiger partial charge in [0.15, 0.2) is 0 Å². The number of unbranched alkanes of at least 4 members (excludes halogenated alkanes) is 6. The molecule has 0 spiro atoms. The minimum absolute atomic E-state index is 0.504. The zero-order valence-electron chi connectivity index (χ0n) is 9.08. The molecule has 4 nitrogen and oxygen atoms in total. The topological polar surface area (TPSA) is 64.7 Å². The monoisotopic (exact) mass is 205 g/mol. The molecule has 0 rings (SSSR count). The molecule has 0 radical (unpaired) electrons. The highest BCUT2D eigenvalue weighted by Gasteiger charge is 2.02. The van der Waals surface area contributed by atoms with E-state index in [1.54, 1.807) is 0 Å². The maximum absolute atomic E-state index is 7.93. The molecule has 86 valence electrons. The van der Waals surface area contributed by atoms with Crippen LogP contribution in [0.3, 0.4) is 0 Å². The van der Waals surface area contributed by atoms with Crippen molar-refractivity contribution < 1.29 is 15.2 Å². The van der Waals surface area contributed by atoms with E-state index in [-0.39, 0.29) is 0 Å². The van der Waals surface area contributed by atoms with Crippen molar-refractivity contribution in [3.63, 3.8) is 0 Å². The molecule has 3 N–H and O–H groups in total. The summed E-state index contributed by atoms with van der Waals surface area (Å²) in [5, 5.41) is 11.4. The van der Waals surface area contributed by atoms with Crippen molar-refractivity contribution in [3.05, 3.63) is 0 Å². The summed E-state index contributed by atoms with van der Waals surface area (Å²) in [5.41, 5.74) is 5.44. The molecule has 0 fully saturated rings. The molecule has 0 aromatic rings. The van der Waals surface area contributed by atoms with E-state index in [1.807, 2.05) is 0 Å². The summed E-state index contributed by atoms with van der Waals surface area (Å²) in [6.45, 7) is 2.21. The second-order valence-corrected chi connectivity index (χ2v) is 3.62. The van der Waals surface area contributed by atoms with E-state index in [0.717, 1.165) is 12.8 Å². The van der Waals surface area contributed by atoms with Crippen LogP contribution in [0.2, 0.25) is 0 Å². The summed E-state index contributed by atoms with van der Waals surface area (Å²) in [5.74, 6) is 0. The highest BCUT2D eigenvalue weighted by Crippen LogP contribution is 2.09. The molecule has 14 heavy (non-hydrogen) atoms. The Bertz CT molecular complexity index is 112. The Hall–Kier alpha value is -0.160. The Morgan fingerprint density at radius 1 is 1.07 bits per heavy atom. The van der Waals surface area contributed by atoms with Crippen molar-refractivity contribution >= 4 is 0 Å². The van der Waals surface area contributed by atoms with Gasteiger partial charge in [0.2, 0.25) is 0 Å². The predicted octanol–water partition coefficient (Wildman–Crippen LogP) is 2.83. The fraction of sp³-hybridized carbons (Fsp3) is 1.00. The molecule has 4 heteroatoms. The molecular formula is C10H23NO3. The fourth-order valence-electron chi connectivity index (χ4n) is 1.41. The lowest BCUT2D eigenvalue weighted by Crippen LogP contribution is -2.23. The minimum Gasteiger partial charge on any atom is -0.303 e. The van der Waals surface area contributed by atoms with Gasteiger partial charge >= 0.3 is 0 Å². The maximum Gasteiger partial charge on any atom is 0.144 e. The van der Waals surface area contributed by atoms with Crippen molar-refractivity contribution in [2.24, 2.45) is 5.73 Å². The number of nitrogens with two attached hydrogens (primary N) is 1. The Labute approximate surface area is 86.2 Å². The first-order chi connectivity index (χ1) is 6.81. The van der Waals surface area contributed by atoms with Crippen LogP contribution in [0.4, 0.5) is 0 Å². The highest BCUT2D eigenvalue weighted by molar-refractivity contribution is 4.49. The first-order valence-electron chi connectivity index (χ1n) is 5.53. The van der Waals surface area contributed by atoms with E-state index in [2.05, 4.69) is 16.8 Å². The largest absolute Gasteiger partial charge is 0.303 e. The summed E-state index contributed by atoms with van der Waals surface area (Å²) < 4.78 is 0. The normalized spacial score (nSPS) is 13.1. The van der Waals surface area contributed by atoms with E-state index in [1.165, 1.54) is 38.5 Å². The zero-order valence-corrected chi connectivity index (χ0v) is 9.08. The minimum atomic E-state index is -0.504.